The number of ether oxygens (including phenoxy) is 2. The van der Waals surface area contributed by atoms with Crippen LogP contribution in [0.4, 0.5) is 4.79 Å². The number of phenols is 2. The van der Waals surface area contributed by atoms with Crippen LogP contribution in [0.2, 0.25) is 0 Å². The Morgan fingerprint density at radius 3 is 1.16 bits per heavy atom. The van der Waals surface area contributed by atoms with Crippen molar-refractivity contribution in [1.29, 1.82) is 0 Å². The number of aliphatic hydroxyl groups is 1. The lowest BCUT2D eigenvalue weighted by atomic mass is 9.98. The van der Waals surface area contributed by atoms with Gasteiger partial charge in [0.1, 0.15) is 113 Å². The lowest BCUT2D eigenvalue weighted by Gasteiger charge is -2.30. The fourth-order valence-electron chi connectivity index (χ4n) is 12.8. The van der Waals surface area contributed by atoms with Crippen molar-refractivity contribution in [2.75, 3.05) is 44.9 Å². The van der Waals surface area contributed by atoms with Crippen molar-refractivity contribution >= 4 is 116 Å². The zero-order valence-corrected chi connectivity index (χ0v) is 75.1. The second kappa shape index (κ2) is 57.6. The highest BCUT2D eigenvalue weighted by atomic mass is 32.2. The summed E-state index contributed by atoms with van der Waals surface area (Å²) in [7, 11) is -4.02. The normalized spacial score (nSPS) is 14.2. The molecule has 24 N–H and O–H groups in total. The van der Waals surface area contributed by atoms with E-state index >= 15 is 9.59 Å². The number of carbonyl (C=O) groups is 18. The lowest BCUT2D eigenvalue weighted by Crippen LogP contribution is -2.62. The number of alkyl carbamates (subject to hydrolysis) is 1. The third-order valence-corrected chi connectivity index (χ3v) is 20.9. The second-order valence-electron chi connectivity index (χ2n) is 32.0. The summed E-state index contributed by atoms with van der Waals surface area (Å²) < 4.78 is 36.1. The largest absolute Gasteiger partial charge is 0.508 e. The van der Waals surface area contributed by atoms with Gasteiger partial charge in [0.2, 0.25) is 88.6 Å². The van der Waals surface area contributed by atoms with Crippen LogP contribution in [0.25, 0.3) is 0 Å². The third-order valence-electron chi connectivity index (χ3n) is 19.9. The molecule has 718 valence electrons. The molecular formula is C86H127N17O26S. The minimum absolute atomic E-state index is 0.0258. The molecule has 0 fully saturated rings. The average molecular weight is 1850 g/mol. The van der Waals surface area contributed by atoms with Gasteiger partial charge >= 0.3 is 18.0 Å². The summed E-state index contributed by atoms with van der Waals surface area (Å²) in [5, 5.41) is 74.8. The maximum absolute atomic E-state index is 15.0. The fourth-order valence-corrected chi connectivity index (χ4v) is 13.4. The fraction of sp³-hybridized carbons (Fsp3) is 0.535. The topological polar surface area (TPSA) is 687 Å². The number of carboxylic acids is 1. The number of amides is 16. The van der Waals surface area contributed by atoms with E-state index < -0.39 is 270 Å². The first kappa shape index (κ1) is 111. The van der Waals surface area contributed by atoms with Gasteiger partial charge in [0.25, 0.3) is 0 Å². The maximum Gasteiger partial charge on any atom is 0.407 e. The molecule has 0 bridgehead atoms. The van der Waals surface area contributed by atoms with Crippen molar-refractivity contribution in [2.24, 2.45) is 35.0 Å². The highest BCUT2D eigenvalue weighted by Gasteiger charge is 2.40. The molecule has 13 atom stereocenters. The molecule has 130 heavy (non-hydrogen) atoms. The monoisotopic (exact) mass is 1850 g/mol. The smallest absolute Gasteiger partial charge is 0.407 e. The number of nitrogens with two attached hydrogens (primary N) is 3. The van der Waals surface area contributed by atoms with Crippen molar-refractivity contribution in [1.82, 2.24) is 74.4 Å². The Bertz CT molecular complexity index is 4460. The molecule has 3 aromatic rings. The molecule has 0 aliphatic heterocycles. The minimum Gasteiger partial charge on any atom is -0.508 e. The lowest BCUT2D eigenvalue weighted by molar-refractivity contribution is -0.143. The van der Waals surface area contributed by atoms with Crippen LogP contribution in [0.3, 0.4) is 0 Å². The van der Waals surface area contributed by atoms with Crippen molar-refractivity contribution in [2.45, 2.75) is 230 Å². The van der Waals surface area contributed by atoms with Crippen LogP contribution >= 0.6 is 0 Å². The number of esters is 1. The molecular weight excluding hydrogens is 1720 g/mol. The van der Waals surface area contributed by atoms with Gasteiger partial charge in [-0.25, -0.2) is 13.2 Å². The molecule has 43 nitrogen and oxygen atoms in total. The van der Waals surface area contributed by atoms with Crippen molar-refractivity contribution in [3.05, 3.63) is 121 Å². The van der Waals surface area contributed by atoms with E-state index in [1.54, 1.807) is 58.0 Å². The number of sulfone groups is 1. The quantitative estimate of drug-likeness (QED) is 0.0154. The Labute approximate surface area is 754 Å². The van der Waals surface area contributed by atoms with Gasteiger partial charge in [0.05, 0.1) is 12.4 Å². The molecule has 0 aromatic heterocycles. The number of nitrogens with one attached hydrogen (secondary N) is 14. The van der Waals surface area contributed by atoms with E-state index in [0.717, 1.165) is 13.2 Å². The summed E-state index contributed by atoms with van der Waals surface area (Å²) in [6.45, 7) is 15.9. The number of rotatable bonds is 61. The number of benzene rings is 3. The molecule has 0 radical (unpaired) electrons. The summed E-state index contributed by atoms with van der Waals surface area (Å²) in [5.74, 6) is -21.2. The summed E-state index contributed by atoms with van der Waals surface area (Å²) in [4.78, 5) is 249. The van der Waals surface area contributed by atoms with Crippen LogP contribution in [0.1, 0.15) is 149 Å². The van der Waals surface area contributed by atoms with Gasteiger partial charge in [-0.05, 0) is 129 Å². The Kier molecular flexibility index (Phi) is 49.2. The van der Waals surface area contributed by atoms with Gasteiger partial charge in [-0.2, -0.15) is 0 Å². The van der Waals surface area contributed by atoms with Gasteiger partial charge in [0.15, 0.2) is 0 Å². The first-order valence-electron chi connectivity index (χ1n) is 42.4. The number of unbranched alkanes of at least 4 members (excludes halogenated alkanes) is 2. The van der Waals surface area contributed by atoms with E-state index in [2.05, 4.69) is 87.6 Å². The molecule has 0 aliphatic carbocycles. The Morgan fingerprint density at radius 2 is 0.746 bits per heavy atom. The van der Waals surface area contributed by atoms with Gasteiger partial charge in [-0.15, -0.1) is 0 Å². The van der Waals surface area contributed by atoms with Crippen LogP contribution < -0.4 is 91.6 Å². The molecule has 0 spiro atoms. The number of carboxylic acid groups (broad SMARTS) is 1. The Balaban J connectivity index is 2.12. The molecule has 0 heterocycles. The van der Waals surface area contributed by atoms with Crippen molar-refractivity contribution < 1.29 is 125 Å². The number of phenolic OH excluding ortho intramolecular Hbond substituents is 2. The van der Waals surface area contributed by atoms with E-state index in [1.165, 1.54) is 74.5 Å². The number of carbonyl (C=O) groups excluding carboxylic acids is 17. The molecule has 0 saturated heterocycles. The van der Waals surface area contributed by atoms with E-state index in [-0.39, 0.29) is 94.7 Å². The summed E-state index contributed by atoms with van der Waals surface area (Å²) in [6.07, 6.45) is -2.18. The van der Waals surface area contributed by atoms with E-state index in [1.807, 2.05) is 0 Å². The SMILES string of the molecule is C=CCOC(=O)CC[C@H](NC(=O)[C@H](CCS(C)(=O)=O)NC(=O)[C@H](Cc1ccccc1)NC(=O)[C@H](CCCCN)NC(=O)[C@@H](NC(=O)[C@@H](NC(=O)[C@H](CCC(=O)O)NC(C)=O)C(C)C)C(C)C)C(=O)N[C@H](C(=O)N[C@@H](Cc1ccc(O)cc1)C(=O)N[C@@H](CCC(N)=O)C(=O)N[C@@H](CCCCNC(=O)OCC=C)C(=O)N[C@@H](CO)C(=O)N[C@@H](Cc1ccc(O)cc1)C(N)=O)C(C)C. The van der Waals surface area contributed by atoms with Crippen molar-refractivity contribution in [3.63, 3.8) is 0 Å². The molecule has 0 unspecified atom stereocenters. The number of hydrogen-bond donors (Lipinski definition) is 21. The molecule has 0 aliphatic rings. The van der Waals surface area contributed by atoms with E-state index in [9.17, 15) is 106 Å². The number of primary amides is 2. The van der Waals surface area contributed by atoms with E-state index in [4.69, 9.17) is 26.7 Å². The number of aliphatic carboxylic acids is 1. The highest BCUT2D eigenvalue weighted by molar-refractivity contribution is 7.90. The minimum atomic E-state index is -4.02. The van der Waals surface area contributed by atoms with Gasteiger partial charge < -0.3 is 122 Å². The van der Waals surface area contributed by atoms with Crippen LogP contribution in [0.5, 0.6) is 11.5 Å². The molecule has 44 heteroatoms. The third kappa shape index (κ3) is 42.7. The van der Waals surface area contributed by atoms with Crippen molar-refractivity contribution in [3.8, 4) is 11.5 Å². The predicted octanol–water partition coefficient (Wildman–Crippen LogP) is -2.82. The second-order valence-corrected chi connectivity index (χ2v) is 34.2. The van der Waals surface area contributed by atoms with Crippen LogP contribution in [0.15, 0.2) is 104 Å². The van der Waals surface area contributed by atoms with Gasteiger partial charge in [-0.3, -0.25) is 81.5 Å². The summed E-state index contributed by atoms with van der Waals surface area (Å²) >= 11 is 0. The predicted molar refractivity (Wildman–Crippen MR) is 472 cm³/mol. The highest BCUT2D eigenvalue weighted by Crippen LogP contribution is 2.19. The van der Waals surface area contributed by atoms with Crippen LogP contribution in [-0.2, 0) is 120 Å². The zero-order valence-electron chi connectivity index (χ0n) is 74.3. The van der Waals surface area contributed by atoms with Crippen LogP contribution in [0, 0.1) is 17.8 Å². The molecule has 0 saturated carbocycles. The van der Waals surface area contributed by atoms with E-state index in [0.29, 0.717) is 17.5 Å². The Hall–Kier alpha value is -13.1. The maximum atomic E-state index is 15.0. The zero-order chi connectivity index (χ0) is 97.5. The first-order chi connectivity index (χ1) is 61.3. The average Bonchev–Trinajstić information content (AvgIpc) is 0.878. The Morgan fingerprint density at radius 1 is 0.408 bits per heavy atom. The summed E-state index contributed by atoms with van der Waals surface area (Å²) in [5.41, 5.74) is 18.1. The number of aromatic hydroxyl groups is 2. The van der Waals surface area contributed by atoms with Gasteiger partial charge in [0, 0.05) is 58.2 Å². The molecule has 3 rings (SSSR count). The molecule has 3 aromatic carbocycles. The standard InChI is InChI=1S/C86H127N17O26S/c1-11-41-128-69(111)37-34-61(93-77(116)62(38-43-130(10,126)127)95-80(119)64(45-52-20-14-13-15-21-52)98-74(113)58(22-16-18-39-87)96-83(122)71(49(5)6)103-85(124)72(50(7)8)102-78(117)59(91-51(9)105)33-36-68(109)110)79(118)101-70(48(3)4)84(123)99-65(46-54-26-30-56(107)31-27-54)81(120)94-60(32-35-67(88)108)76(115)92-57(23-17-19-40-90-86(125)129-42-12-2)75(114)100-66(47-104)82(121)97-63(73(89)112)44-53-24-28-55(106)29-25-53/h11-15,20-21,24-31,48-50,57-66,70-72,104,106-107H,1-2,16-19,22-23,32-47,87H2,3-10H3,(H2,88,108)(H2,89,112)(H,90,125)(H,91,105)(H,92,115)(H,93,116)(H,94,120)(H,95,119)(H,96,122)(H,97,121)(H,98,113)(H,99,123)(H,100,114)(H,101,118)(H,102,117)(H,103,124)(H,109,110)/t57-,58-,59-,60-,61-,62-,63-,64-,65-,66-,70-,71-,72-/m0/s1. The number of aliphatic hydroxyl groups excluding tert-OH is 1. The first-order valence-corrected chi connectivity index (χ1v) is 44.4. The van der Waals surface area contributed by atoms with Gasteiger partial charge in [-0.1, -0.05) is 121 Å². The summed E-state index contributed by atoms with van der Waals surface area (Å²) in [6, 6.07) is -2.55. The number of hydrogen-bond acceptors (Lipinski definition) is 26. The molecule has 16 amide bonds. The van der Waals surface area contributed by atoms with Crippen LogP contribution in [-0.4, -0.2) is 259 Å².